The molecule has 0 fully saturated rings. The van der Waals surface area contributed by atoms with Crippen LogP contribution in [-0.4, -0.2) is 33.5 Å². The van der Waals surface area contributed by atoms with Gasteiger partial charge >= 0.3 is 0 Å². The van der Waals surface area contributed by atoms with Gasteiger partial charge in [-0.15, -0.1) is 0 Å². The van der Waals surface area contributed by atoms with Gasteiger partial charge in [-0.25, -0.2) is 0 Å². The molecule has 1 atom stereocenters. The van der Waals surface area contributed by atoms with E-state index in [2.05, 4.69) is 71.3 Å². The summed E-state index contributed by atoms with van der Waals surface area (Å²) >= 11 is 0. The molecule has 4 nitrogen and oxygen atoms in total. The Balaban J connectivity index is 1.78. The molecule has 3 rings (SSSR count). The van der Waals surface area contributed by atoms with Crippen LogP contribution in [0.1, 0.15) is 0 Å². The number of nitrogens with zero attached hydrogens (tertiary/aromatic N) is 3. The Kier molecular flexibility index (Phi) is 3.52. The van der Waals surface area contributed by atoms with Crippen LogP contribution in [0, 0.1) is 0 Å². The van der Waals surface area contributed by atoms with Crippen molar-refractivity contribution in [1.82, 2.24) is 0 Å². The molecule has 21 heavy (non-hydrogen) atoms. The molecule has 1 aliphatic heterocycles. The second kappa shape index (κ2) is 5.48. The molecule has 0 amide bonds. The number of anilines is 3. The van der Waals surface area contributed by atoms with Crippen LogP contribution in [0.25, 0.3) is 0 Å². The molecular formula is C17H20N4. The summed E-state index contributed by atoms with van der Waals surface area (Å²) in [7, 11) is 4.21. The minimum absolute atomic E-state index is 0.241. The Morgan fingerprint density at radius 1 is 1.19 bits per heavy atom. The third kappa shape index (κ3) is 2.44. The molecule has 0 radical (unpaired) electrons. The summed E-state index contributed by atoms with van der Waals surface area (Å²) in [6.45, 7) is 4.51. The lowest BCUT2D eigenvalue weighted by atomic mass is 10.2. The quantitative estimate of drug-likeness (QED) is 0.871. The number of benzene rings is 2. The van der Waals surface area contributed by atoms with E-state index in [1.807, 2.05) is 18.2 Å². The zero-order chi connectivity index (χ0) is 14.8. The van der Waals surface area contributed by atoms with Crippen molar-refractivity contribution in [2.45, 2.75) is 6.17 Å². The minimum atomic E-state index is 0.241. The lowest BCUT2D eigenvalue weighted by molar-refractivity contribution is 0.708. The van der Waals surface area contributed by atoms with Gasteiger partial charge in [-0.05, 0) is 31.0 Å². The molecule has 108 valence electrons. The summed E-state index contributed by atoms with van der Waals surface area (Å²) in [4.78, 5) is 8.58. The van der Waals surface area contributed by atoms with E-state index < -0.39 is 0 Å². The van der Waals surface area contributed by atoms with Gasteiger partial charge in [0, 0.05) is 14.1 Å². The third-order valence-electron chi connectivity index (χ3n) is 3.98. The Bertz CT molecular complexity index is 653. The van der Waals surface area contributed by atoms with Crippen LogP contribution in [0.2, 0.25) is 0 Å². The number of hydrogen-bond donors (Lipinski definition) is 1. The fraction of sp³-hybridized carbons (Fsp3) is 0.235. The maximum atomic E-state index is 4.10. The molecule has 0 bridgehead atoms. The van der Waals surface area contributed by atoms with Crippen molar-refractivity contribution < 1.29 is 0 Å². The Hall–Kier alpha value is -2.49. The van der Waals surface area contributed by atoms with Crippen LogP contribution in [0.4, 0.5) is 22.7 Å². The van der Waals surface area contributed by atoms with Gasteiger partial charge < -0.3 is 15.1 Å². The first-order chi connectivity index (χ1) is 10.2. The molecule has 1 aliphatic rings. The molecule has 0 aliphatic carbocycles. The van der Waals surface area contributed by atoms with Gasteiger partial charge in [-0.3, -0.25) is 4.99 Å². The van der Waals surface area contributed by atoms with E-state index in [1.165, 1.54) is 11.4 Å². The number of para-hydroxylation sites is 4. The van der Waals surface area contributed by atoms with Gasteiger partial charge in [-0.2, -0.15) is 0 Å². The van der Waals surface area contributed by atoms with Crippen molar-refractivity contribution in [2.75, 3.05) is 35.8 Å². The largest absolute Gasteiger partial charge is 0.369 e. The first-order valence-corrected chi connectivity index (χ1v) is 7.06. The van der Waals surface area contributed by atoms with Crippen molar-refractivity contribution in [3.8, 4) is 0 Å². The highest BCUT2D eigenvalue weighted by molar-refractivity contribution is 5.76. The first kappa shape index (κ1) is 13.5. The Morgan fingerprint density at radius 2 is 1.90 bits per heavy atom. The topological polar surface area (TPSA) is 30.9 Å². The van der Waals surface area contributed by atoms with Crippen LogP contribution in [0.3, 0.4) is 0 Å². The van der Waals surface area contributed by atoms with Crippen LogP contribution in [-0.2, 0) is 0 Å². The van der Waals surface area contributed by atoms with Crippen molar-refractivity contribution in [2.24, 2.45) is 4.99 Å². The van der Waals surface area contributed by atoms with E-state index in [9.17, 15) is 0 Å². The van der Waals surface area contributed by atoms with E-state index in [4.69, 9.17) is 0 Å². The van der Waals surface area contributed by atoms with E-state index in [-0.39, 0.29) is 6.17 Å². The van der Waals surface area contributed by atoms with Crippen molar-refractivity contribution in [3.05, 3.63) is 48.5 Å². The van der Waals surface area contributed by atoms with E-state index in [0.717, 1.165) is 17.9 Å². The number of rotatable bonds is 4. The minimum Gasteiger partial charge on any atom is -0.369 e. The summed E-state index contributed by atoms with van der Waals surface area (Å²) in [5, 5.41) is 3.56. The summed E-state index contributed by atoms with van der Waals surface area (Å²) in [5.74, 6) is 0. The first-order valence-electron chi connectivity index (χ1n) is 7.06. The highest BCUT2D eigenvalue weighted by Gasteiger charge is 2.26. The molecule has 0 aromatic heterocycles. The zero-order valence-electron chi connectivity index (χ0n) is 12.5. The molecule has 1 heterocycles. The van der Waals surface area contributed by atoms with Gasteiger partial charge in [0.15, 0.2) is 0 Å². The summed E-state index contributed by atoms with van der Waals surface area (Å²) < 4.78 is 0. The van der Waals surface area contributed by atoms with Crippen molar-refractivity contribution in [3.63, 3.8) is 0 Å². The second-order valence-electron chi connectivity index (χ2n) is 5.32. The second-order valence-corrected chi connectivity index (χ2v) is 5.32. The van der Waals surface area contributed by atoms with E-state index >= 15 is 0 Å². The molecule has 2 aromatic carbocycles. The number of hydrogen-bond acceptors (Lipinski definition) is 4. The Morgan fingerprint density at radius 3 is 2.67 bits per heavy atom. The van der Waals surface area contributed by atoms with Crippen molar-refractivity contribution in [1.29, 1.82) is 0 Å². The van der Waals surface area contributed by atoms with Gasteiger partial charge in [-0.1, -0.05) is 24.3 Å². The molecule has 0 saturated heterocycles. The monoisotopic (exact) mass is 280 g/mol. The fourth-order valence-corrected chi connectivity index (χ4v) is 2.79. The SMILES string of the molecule is C=Nc1ccccc1N(C)CC1Nc2ccccc2N1C. The molecule has 0 spiro atoms. The Labute approximate surface area is 125 Å². The average Bonchev–Trinajstić information content (AvgIpc) is 2.84. The molecule has 0 saturated carbocycles. The summed E-state index contributed by atoms with van der Waals surface area (Å²) in [6.07, 6.45) is 0.241. The van der Waals surface area contributed by atoms with Crippen LogP contribution >= 0.6 is 0 Å². The predicted molar refractivity (Wildman–Crippen MR) is 91.2 cm³/mol. The zero-order valence-corrected chi connectivity index (χ0v) is 12.5. The standard InChI is InChI=1S/C17H20N4/c1-18-13-8-4-6-10-15(13)20(2)12-17-19-14-9-5-7-11-16(14)21(17)3/h4-11,17,19H,1,12H2,2-3H3. The van der Waals surface area contributed by atoms with Gasteiger partial charge in [0.05, 0.1) is 29.3 Å². The molecule has 2 aromatic rings. The highest BCUT2D eigenvalue weighted by atomic mass is 15.3. The molecule has 1 unspecified atom stereocenters. The summed E-state index contributed by atoms with van der Waals surface area (Å²) in [5.41, 5.74) is 4.44. The maximum Gasteiger partial charge on any atom is 0.117 e. The fourth-order valence-electron chi connectivity index (χ4n) is 2.79. The molecule has 1 N–H and O–H groups in total. The number of likely N-dealkylation sites (N-methyl/N-ethyl adjacent to an activating group) is 2. The highest BCUT2D eigenvalue weighted by Crippen LogP contribution is 2.34. The van der Waals surface area contributed by atoms with Gasteiger partial charge in [0.1, 0.15) is 6.17 Å². The number of aliphatic imine (C=N–C) groups is 1. The van der Waals surface area contributed by atoms with Crippen LogP contribution in [0.5, 0.6) is 0 Å². The smallest absolute Gasteiger partial charge is 0.117 e. The maximum absolute atomic E-state index is 4.10. The predicted octanol–water partition coefficient (Wildman–Crippen LogP) is 3.34. The van der Waals surface area contributed by atoms with Gasteiger partial charge in [0.25, 0.3) is 0 Å². The van der Waals surface area contributed by atoms with E-state index in [1.54, 1.807) is 0 Å². The lowest BCUT2D eigenvalue weighted by Crippen LogP contribution is -2.42. The van der Waals surface area contributed by atoms with Gasteiger partial charge in [0.2, 0.25) is 0 Å². The normalized spacial score (nSPS) is 16.3. The number of nitrogens with one attached hydrogen (secondary N) is 1. The average molecular weight is 280 g/mol. The molecule has 4 heteroatoms. The van der Waals surface area contributed by atoms with E-state index in [0.29, 0.717) is 0 Å². The van der Waals surface area contributed by atoms with Crippen molar-refractivity contribution >= 4 is 29.5 Å². The molecular weight excluding hydrogens is 260 g/mol. The van der Waals surface area contributed by atoms with Crippen LogP contribution < -0.4 is 15.1 Å². The summed E-state index contributed by atoms with van der Waals surface area (Å²) in [6, 6.07) is 16.5. The third-order valence-corrected chi connectivity index (χ3v) is 3.98. The number of fused-ring (bicyclic) bond motifs is 1. The van der Waals surface area contributed by atoms with Crippen LogP contribution in [0.15, 0.2) is 53.5 Å². The lowest BCUT2D eigenvalue weighted by Gasteiger charge is -2.29.